The van der Waals surface area contributed by atoms with Crippen LogP contribution in [0.15, 0.2) is 53.6 Å². The van der Waals surface area contributed by atoms with Crippen molar-refractivity contribution in [2.45, 2.75) is 33.6 Å². The fourth-order valence-electron chi connectivity index (χ4n) is 4.33. The molecule has 0 spiro atoms. The zero-order valence-corrected chi connectivity index (χ0v) is 18.3. The predicted octanol–water partition coefficient (Wildman–Crippen LogP) is 5.30. The Morgan fingerprint density at radius 2 is 2.11 bits per heavy atom. The number of thioether (sulfide) groups is 1. The summed E-state index contributed by atoms with van der Waals surface area (Å²) in [6.07, 6.45) is 5.84. The van der Waals surface area contributed by atoms with E-state index in [0.29, 0.717) is 19.1 Å². The largest absolute Gasteiger partial charge is 0.384 e. The second-order valence-electron chi connectivity index (χ2n) is 8.23. The number of carbonyl (C=O) groups excluding carboxylic acids is 1. The number of methoxy groups -OCH3 is 1. The SMILES string of the molecule is C=CCN1C(=O)C2=C(c3ccccc3CC2(C)C)C(C)CC=C1SCCOC. The van der Waals surface area contributed by atoms with Gasteiger partial charge in [-0.15, -0.1) is 18.3 Å². The monoisotopic (exact) mass is 397 g/mol. The van der Waals surface area contributed by atoms with Crippen LogP contribution in [-0.4, -0.2) is 36.8 Å². The van der Waals surface area contributed by atoms with E-state index in [9.17, 15) is 4.79 Å². The molecule has 1 atom stereocenters. The minimum Gasteiger partial charge on any atom is -0.384 e. The van der Waals surface area contributed by atoms with Gasteiger partial charge in [0.2, 0.25) is 0 Å². The van der Waals surface area contributed by atoms with Crippen LogP contribution in [0.5, 0.6) is 0 Å². The fraction of sp³-hybridized carbons (Fsp3) is 0.458. The fourth-order valence-corrected chi connectivity index (χ4v) is 5.31. The van der Waals surface area contributed by atoms with Crippen LogP contribution < -0.4 is 0 Å². The van der Waals surface area contributed by atoms with Gasteiger partial charge in [0.05, 0.1) is 11.6 Å². The summed E-state index contributed by atoms with van der Waals surface area (Å²) >= 11 is 1.69. The first kappa shape index (κ1) is 20.9. The maximum absolute atomic E-state index is 13.9. The highest BCUT2D eigenvalue weighted by Gasteiger charge is 2.41. The molecule has 3 nitrogen and oxygen atoms in total. The third kappa shape index (κ3) is 3.99. The Kier molecular flexibility index (Phi) is 6.51. The summed E-state index contributed by atoms with van der Waals surface area (Å²) in [7, 11) is 1.71. The second kappa shape index (κ2) is 8.71. The molecule has 1 unspecified atom stereocenters. The lowest BCUT2D eigenvalue weighted by atomic mass is 9.66. The molecule has 0 saturated heterocycles. The highest BCUT2D eigenvalue weighted by Crippen LogP contribution is 2.48. The van der Waals surface area contributed by atoms with Gasteiger partial charge in [0.15, 0.2) is 0 Å². The number of benzene rings is 1. The summed E-state index contributed by atoms with van der Waals surface area (Å²) in [5.41, 5.74) is 4.59. The number of allylic oxidation sites excluding steroid dienone is 2. The molecule has 28 heavy (non-hydrogen) atoms. The smallest absolute Gasteiger partial charge is 0.255 e. The van der Waals surface area contributed by atoms with Gasteiger partial charge in [-0.2, -0.15) is 0 Å². The zero-order valence-electron chi connectivity index (χ0n) is 17.5. The van der Waals surface area contributed by atoms with Gasteiger partial charge in [0.25, 0.3) is 5.91 Å². The Morgan fingerprint density at radius 3 is 2.82 bits per heavy atom. The van der Waals surface area contributed by atoms with E-state index in [2.05, 4.69) is 57.7 Å². The molecule has 1 aliphatic carbocycles. The van der Waals surface area contributed by atoms with Gasteiger partial charge in [-0.05, 0) is 40.9 Å². The van der Waals surface area contributed by atoms with Gasteiger partial charge < -0.3 is 4.74 Å². The lowest BCUT2D eigenvalue weighted by molar-refractivity contribution is -0.125. The van der Waals surface area contributed by atoms with Gasteiger partial charge >= 0.3 is 0 Å². The van der Waals surface area contributed by atoms with E-state index in [1.807, 2.05) is 11.0 Å². The molecule has 0 radical (unpaired) electrons. The van der Waals surface area contributed by atoms with E-state index >= 15 is 0 Å². The van der Waals surface area contributed by atoms with Crippen molar-refractivity contribution >= 4 is 23.2 Å². The van der Waals surface area contributed by atoms with Crippen molar-refractivity contribution < 1.29 is 9.53 Å². The average Bonchev–Trinajstić information content (AvgIpc) is 2.66. The lowest BCUT2D eigenvalue weighted by Gasteiger charge is -2.41. The maximum atomic E-state index is 13.9. The Labute approximate surface area is 173 Å². The van der Waals surface area contributed by atoms with Crippen LogP contribution in [0.25, 0.3) is 5.57 Å². The van der Waals surface area contributed by atoms with E-state index < -0.39 is 0 Å². The number of carbonyl (C=O) groups is 1. The summed E-state index contributed by atoms with van der Waals surface area (Å²) in [6, 6.07) is 8.58. The highest BCUT2D eigenvalue weighted by molar-refractivity contribution is 8.03. The molecular weight excluding hydrogens is 366 g/mol. The number of fused-ring (bicyclic) bond motifs is 2. The molecule has 150 valence electrons. The molecule has 0 fully saturated rings. The van der Waals surface area contributed by atoms with Crippen molar-refractivity contribution in [3.63, 3.8) is 0 Å². The van der Waals surface area contributed by atoms with Crippen LogP contribution in [-0.2, 0) is 16.0 Å². The Bertz CT molecular complexity index is 822. The van der Waals surface area contributed by atoms with Crippen molar-refractivity contribution in [1.29, 1.82) is 0 Å². The average molecular weight is 398 g/mol. The topological polar surface area (TPSA) is 29.5 Å². The first-order valence-corrected chi connectivity index (χ1v) is 11.0. The van der Waals surface area contributed by atoms with Crippen LogP contribution in [0.1, 0.15) is 38.3 Å². The quantitative estimate of drug-likeness (QED) is 0.482. The van der Waals surface area contributed by atoms with Gasteiger partial charge in [-0.25, -0.2) is 0 Å². The lowest BCUT2D eigenvalue weighted by Crippen LogP contribution is -2.40. The molecule has 0 bridgehead atoms. The third-order valence-corrected chi connectivity index (χ3v) is 6.65. The molecule has 4 heteroatoms. The summed E-state index contributed by atoms with van der Waals surface area (Å²) in [5.74, 6) is 1.25. The highest BCUT2D eigenvalue weighted by atomic mass is 32.2. The van der Waals surface area contributed by atoms with E-state index in [4.69, 9.17) is 4.74 Å². The van der Waals surface area contributed by atoms with Crippen molar-refractivity contribution in [1.82, 2.24) is 4.90 Å². The Balaban J connectivity index is 2.11. The van der Waals surface area contributed by atoms with Crippen LogP contribution in [0, 0.1) is 11.3 Å². The van der Waals surface area contributed by atoms with Gasteiger partial charge in [-0.1, -0.05) is 57.2 Å². The first-order chi connectivity index (χ1) is 13.4. The van der Waals surface area contributed by atoms with Crippen molar-refractivity contribution in [2.24, 2.45) is 11.3 Å². The minimum absolute atomic E-state index is 0.122. The van der Waals surface area contributed by atoms with Crippen molar-refractivity contribution in [2.75, 3.05) is 26.0 Å². The third-order valence-electron chi connectivity index (χ3n) is 5.60. The molecule has 1 aromatic rings. The molecule has 2 aliphatic rings. The Morgan fingerprint density at radius 1 is 1.36 bits per heavy atom. The summed E-state index contributed by atoms with van der Waals surface area (Å²) in [6.45, 7) is 11.7. The normalized spacial score (nSPS) is 21.4. The standard InChI is InChI=1S/C24H31NO2S/c1-6-13-25-20(28-15-14-27-5)12-11-17(2)21-19-10-8-7-9-18(19)16-24(3,4)22(21)23(25)26/h6-10,12,17H,1,11,13-16H2,2-5H3. The summed E-state index contributed by atoms with van der Waals surface area (Å²) in [4.78, 5) is 15.8. The molecule has 3 rings (SSSR count). The van der Waals surface area contributed by atoms with Crippen LogP contribution in [0.3, 0.4) is 0 Å². The van der Waals surface area contributed by atoms with Crippen LogP contribution >= 0.6 is 11.8 Å². The van der Waals surface area contributed by atoms with E-state index in [1.54, 1.807) is 18.9 Å². The van der Waals surface area contributed by atoms with Crippen molar-refractivity contribution in [3.8, 4) is 0 Å². The molecule has 1 amide bonds. The van der Waals surface area contributed by atoms with E-state index in [1.165, 1.54) is 16.7 Å². The molecule has 1 aromatic carbocycles. The maximum Gasteiger partial charge on any atom is 0.255 e. The molecule has 1 heterocycles. The summed E-state index contributed by atoms with van der Waals surface area (Å²) in [5, 5.41) is 1.02. The second-order valence-corrected chi connectivity index (χ2v) is 9.35. The number of rotatable bonds is 6. The summed E-state index contributed by atoms with van der Waals surface area (Å²) < 4.78 is 5.21. The van der Waals surface area contributed by atoms with E-state index in [0.717, 1.165) is 29.2 Å². The van der Waals surface area contributed by atoms with Crippen molar-refractivity contribution in [3.05, 3.63) is 64.7 Å². The van der Waals surface area contributed by atoms with Gasteiger partial charge in [0, 0.05) is 25.0 Å². The molecule has 0 saturated carbocycles. The number of ether oxygens (including phenoxy) is 1. The zero-order chi connectivity index (χ0) is 20.3. The number of nitrogens with zero attached hydrogens (tertiary/aromatic N) is 1. The minimum atomic E-state index is -0.200. The number of hydrogen-bond donors (Lipinski definition) is 0. The van der Waals surface area contributed by atoms with Crippen LogP contribution in [0.2, 0.25) is 0 Å². The predicted molar refractivity (Wildman–Crippen MR) is 119 cm³/mol. The Hall–Kier alpha value is -1.78. The van der Waals surface area contributed by atoms with Crippen LogP contribution in [0.4, 0.5) is 0 Å². The van der Waals surface area contributed by atoms with Gasteiger partial charge in [0.1, 0.15) is 0 Å². The number of amides is 1. The molecule has 0 aromatic heterocycles. The molecule has 0 N–H and O–H groups in total. The first-order valence-electron chi connectivity index (χ1n) is 9.98. The molecular formula is C24H31NO2S. The molecule has 1 aliphatic heterocycles. The van der Waals surface area contributed by atoms with Gasteiger partial charge in [-0.3, -0.25) is 9.69 Å². The number of hydrogen-bond acceptors (Lipinski definition) is 3. The van der Waals surface area contributed by atoms with E-state index in [-0.39, 0.29) is 11.3 Å².